The zero-order valence-corrected chi connectivity index (χ0v) is 9.35. The Morgan fingerprint density at radius 3 is 2.36 bits per heavy atom. The molecule has 0 saturated heterocycles. The molecule has 74 valence electrons. The molecule has 1 aromatic rings. The van der Waals surface area contributed by atoms with Gasteiger partial charge in [0.05, 0.1) is 9.99 Å². The summed E-state index contributed by atoms with van der Waals surface area (Å²) in [5.41, 5.74) is 0.550. The smallest absolute Gasteiger partial charge is 0.357 e. The van der Waals surface area contributed by atoms with E-state index in [1.54, 1.807) is 18.2 Å². The number of benzene rings is 1. The normalized spacial score (nSPS) is 9.57. The van der Waals surface area contributed by atoms with E-state index in [1.807, 2.05) is 22.6 Å². The summed E-state index contributed by atoms with van der Waals surface area (Å²) in [4.78, 5) is 26.6. The van der Waals surface area contributed by atoms with E-state index in [0.717, 1.165) is 0 Å². The van der Waals surface area contributed by atoms with E-state index in [2.05, 4.69) is 4.84 Å². The van der Waals surface area contributed by atoms with E-state index in [1.165, 1.54) is 6.07 Å². The summed E-state index contributed by atoms with van der Waals surface area (Å²) in [5.74, 6) is 3.94. The molecule has 5 heteroatoms. The second-order valence-electron chi connectivity index (χ2n) is 2.51. The summed E-state index contributed by atoms with van der Waals surface area (Å²) >= 11 is 1.94. The minimum absolute atomic E-state index is 0.119. The largest absolute Gasteiger partial charge is 0.370 e. The first-order chi connectivity index (χ1) is 6.70. The molecule has 0 bridgehead atoms. The van der Waals surface area contributed by atoms with Crippen LogP contribution in [-0.2, 0) is 4.84 Å². The summed E-state index contributed by atoms with van der Waals surface area (Å²) in [6.45, 7) is 0. The van der Waals surface area contributed by atoms with Crippen molar-refractivity contribution in [3.8, 4) is 0 Å². The SMILES string of the molecule is NOC(=O)c1ccccc1C(=O)CI. The quantitative estimate of drug-likeness (QED) is 0.396. The Labute approximate surface area is 94.5 Å². The summed E-state index contributed by atoms with van der Waals surface area (Å²) < 4.78 is 0.312. The van der Waals surface area contributed by atoms with E-state index >= 15 is 0 Å². The van der Waals surface area contributed by atoms with Crippen LogP contribution in [0.25, 0.3) is 0 Å². The molecular weight excluding hydrogens is 297 g/mol. The number of halogens is 1. The first-order valence-corrected chi connectivity index (χ1v) is 5.32. The summed E-state index contributed by atoms with van der Waals surface area (Å²) in [7, 11) is 0. The second-order valence-corrected chi connectivity index (χ2v) is 3.27. The zero-order chi connectivity index (χ0) is 10.6. The number of alkyl halides is 1. The molecule has 1 aromatic carbocycles. The molecule has 0 saturated carbocycles. The van der Waals surface area contributed by atoms with E-state index in [0.29, 0.717) is 9.99 Å². The minimum Gasteiger partial charge on any atom is -0.370 e. The van der Waals surface area contributed by atoms with E-state index in [9.17, 15) is 9.59 Å². The van der Waals surface area contributed by atoms with Crippen LogP contribution in [0.1, 0.15) is 20.7 Å². The van der Waals surface area contributed by atoms with Gasteiger partial charge >= 0.3 is 5.97 Å². The molecule has 0 amide bonds. The lowest BCUT2D eigenvalue weighted by Crippen LogP contribution is -2.15. The van der Waals surface area contributed by atoms with Gasteiger partial charge in [-0.15, -0.1) is 0 Å². The third-order valence-electron chi connectivity index (χ3n) is 1.68. The lowest BCUT2D eigenvalue weighted by Gasteiger charge is -2.03. The molecule has 4 nitrogen and oxygen atoms in total. The molecule has 2 N–H and O–H groups in total. The monoisotopic (exact) mass is 305 g/mol. The van der Waals surface area contributed by atoms with Crippen LogP contribution in [0.2, 0.25) is 0 Å². The third kappa shape index (κ3) is 2.30. The van der Waals surface area contributed by atoms with Gasteiger partial charge in [-0.05, 0) is 6.07 Å². The van der Waals surface area contributed by atoms with Gasteiger partial charge in [0, 0.05) is 5.56 Å². The first kappa shape index (κ1) is 11.1. The van der Waals surface area contributed by atoms with Crippen molar-refractivity contribution in [3.05, 3.63) is 35.4 Å². The van der Waals surface area contributed by atoms with E-state index in [-0.39, 0.29) is 11.3 Å². The van der Waals surface area contributed by atoms with Crippen molar-refractivity contribution < 1.29 is 14.4 Å². The van der Waals surface area contributed by atoms with Gasteiger partial charge in [-0.3, -0.25) is 4.79 Å². The maximum atomic E-state index is 11.4. The Bertz CT molecular complexity index is 330. The predicted molar refractivity (Wildman–Crippen MR) is 59.3 cm³/mol. The van der Waals surface area contributed by atoms with Crippen LogP contribution < -0.4 is 5.90 Å². The fourth-order valence-corrected chi connectivity index (χ4v) is 1.45. The Kier molecular flexibility index (Phi) is 4.02. The summed E-state index contributed by atoms with van der Waals surface area (Å²) in [6.07, 6.45) is 0. The molecule has 0 fully saturated rings. The number of ketones is 1. The number of carbonyl (C=O) groups is 2. The van der Waals surface area contributed by atoms with Gasteiger partial charge in [0.25, 0.3) is 0 Å². The van der Waals surface area contributed by atoms with Gasteiger partial charge < -0.3 is 4.84 Å². The average Bonchev–Trinajstić information content (AvgIpc) is 2.27. The number of nitrogens with two attached hydrogens (primary N) is 1. The fourth-order valence-electron chi connectivity index (χ4n) is 1.04. The number of hydrogen-bond donors (Lipinski definition) is 1. The highest BCUT2D eigenvalue weighted by atomic mass is 127. The van der Waals surface area contributed by atoms with Gasteiger partial charge in [-0.25, -0.2) is 4.79 Å². The van der Waals surface area contributed by atoms with Crippen LogP contribution in [-0.4, -0.2) is 16.2 Å². The van der Waals surface area contributed by atoms with Crippen molar-refractivity contribution in [2.45, 2.75) is 0 Å². The van der Waals surface area contributed by atoms with Gasteiger partial charge in [0.1, 0.15) is 0 Å². The lowest BCUT2D eigenvalue weighted by molar-refractivity contribution is 0.0500. The van der Waals surface area contributed by atoms with Gasteiger partial charge in [0.2, 0.25) is 0 Å². The van der Waals surface area contributed by atoms with Crippen LogP contribution in [0.15, 0.2) is 24.3 Å². The van der Waals surface area contributed by atoms with Crippen molar-refractivity contribution in [1.82, 2.24) is 0 Å². The Hall–Kier alpha value is -0.950. The van der Waals surface area contributed by atoms with Crippen molar-refractivity contribution in [1.29, 1.82) is 0 Å². The van der Waals surface area contributed by atoms with Gasteiger partial charge in [-0.1, -0.05) is 40.8 Å². The van der Waals surface area contributed by atoms with Crippen molar-refractivity contribution in [2.24, 2.45) is 5.90 Å². The Balaban J connectivity index is 3.15. The molecule has 0 aromatic heterocycles. The van der Waals surface area contributed by atoms with Gasteiger partial charge in [0.15, 0.2) is 5.78 Å². The molecule has 0 aliphatic heterocycles. The Morgan fingerprint density at radius 2 is 1.86 bits per heavy atom. The summed E-state index contributed by atoms with van der Waals surface area (Å²) in [6, 6.07) is 6.42. The number of hydrogen-bond acceptors (Lipinski definition) is 4. The van der Waals surface area contributed by atoms with E-state index in [4.69, 9.17) is 5.90 Å². The van der Waals surface area contributed by atoms with Crippen molar-refractivity contribution >= 4 is 34.3 Å². The second kappa shape index (κ2) is 5.06. The first-order valence-electron chi connectivity index (χ1n) is 3.80. The molecule has 0 aliphatic rings. The molecular formula is C9H8INO3. The third-order valence-corrected chi connectivity index (χ3v) is 2.37. The zero-order valence-electron chi connectivity index (χ0n) is 7.20. The average molecular weight is 305 g/mol. The molecule has 0 atom stereocenters. The van der Waals surface area contributed by atoms with Crippen LogP contribution in [0, 0.1) is 0 Å². The predicted octanol–water partition coefficient (Wildman–Crippen LogP) is 1.33. The maximum Gasteiger partial charge on any atom is 0.357 e. The molecule has 14 heavy (non-hydrogen) atoms. The van der Waals surface area contributed by atoms with Gasteiger partial charge in [-0.2, -0.15) is 5.90 Å². The molecule has 0 aliphatic carbocycles. The van der Waals surface area contributed by atoms with Crippen LogP contribution in [0.5, 0.6) is 0 Å². The lowest BCUT2D eigenvalue weighted by atomic mass is 10.1. The summed E-state index contributed by atoms with van der Waals surface area (Å²) in [5, 5.41) is 0. The van der Waals surface area contributed by atoms with E-state index < -0.39 is 5.97 Å². The Morgan fingerprint density at radius 1 is 1.29 bits per heavy atom. The minimum atomic E-state index is -0.696. The van der Waals surface area contributed by atoms with Crippen LogP contribution in [0.3, 0.4) is 0 Å². The highest BCUT2D eigenvalue weighted by Crippen LogP contribution is 2.11. The highest BCUT2D eigenvalue weighted by Gasteiger charge is 2.15. The fraction of sp³-hybridized carbons (Fsp3) is 0.111. The van der Waals surface area contributed by atoms with Crippen molar-refractivity contribution in [3.63, 3.8) is 0 Å². The van der Waals surface area contributed by atoms with Crippen LogP contribution in [0.4, 0.5) is 0 Å². The topological polar surface area (TPSA) is 69.4 Å². The van der Waals surface area contributed by atoms with Crippen LogP contribution >= 0.6 is 22.6 Å². The molecule has 0 spiro atoms. The highest BCUT2D eigenvalue weighted by molar-refractivity contribution is 14.1. The number of carbonyl (C=O) groups excluding carboxylic acids is 2. The number of Topliss-reactive ketones (excluding diaryl/α,β-unsaturated/α-hetero) is 1. The standard InChI is InChI=1S/C9H8INO3/c10-5-8(12)6-3-1-2-4-7(6)9(13)14-11/h1-4H,5,11H2. The molecule has 0 unspecified atom stereocenters. The molecule has 0 heterocycles. The molecule has 1 rings (SSSR count). The maximum absolute atomic E-state index is 11.4. The molecule has 0 radical (unpaired) electrons. The van der Waals surface area contributed by atoms with Crippen molar-refractivity contribution in [2.75, 3.05) is 4.43 Å². The number of rotatable bonds is 3.